The van der Waals surface area contributed by atoms with Crippen LogP contribution < -0.4 is 4.74 Å². The van der Waals surface area contributed by atoms with Gasteiger partial charge < -0.3 is 14.2 Å². The number of ether oxygens (including phenoxy) is 1. The van der Waals surface area contributed by atoms with Crippen molar-refractivity contribution in [2.45, 2.75) is 64.1 Å². The first-order chi connectivity index (χ1) is 13.1. The number of hydrogen-bond donors (Lipinski definition) is 0. The number of carbonyl (C=O) groups is 1. The minimum atomic E-state index is -0.557. The summed E-state index contributed by atoms with van der Waals surface area (Å²) in [5.74, 6) is 2.65. The summed E-state index contributed by atoms with van der Waals surface area (Å²) >= 11 is 5.91. The lowest BCUT2D eigenvalue weighted by atomic mass is 10.2. The summed E-state index contributed by atoms with van der Waals surface area (Å²) in [4.78, 5) is 15.0. The number of nitrogens with zero attached hydrogens (tertiary/aromatic N) is 4. The SMILES string of the molecule is CC(Oc1ccc(Cl)cc1)C(=O)N1CCCC1c1nnc2n1CCCCC2. The van der Waals surface area contributed by atoms with Crippen molar-refractivity contribution in [1.82, 2.24) is 19.7 Å². The second-order valence-electron chi connectivity index (χ2n) is 7.34. The second-order valence-corrected chi connectivity index (χ2v) is 7.78. The molecule has 0 N–H and O–H groups in total. The highest BCUT2D eigenvalue weighted by Crippen LogP contribution is 2.33. The molecule has 1 fully saturated rings. The molecular weight excluding hydrogens is 364 g/mol. The molecule has 0 saturated carbocycles. The van der Waals surface area contributed by atoms with Gasteiger partial charge in [-0.2, -0.15) is 0 Å². The van der Waals surface area contributed by atoms with Gasteiger partial charge in [0, 0.05) is 24.5 Å². The third-order valence-corrected chi connectivity index (χ3v) is 5.70. The van der Waals surface area contributed by atoms with Gasteiger partial charge in [0.15, 0.2) is 11.9 Å². The van der Waals surface area contributed by atoms with E-state index in [1.807, 2.05) is 4.90 Å². The smallest absolute Gasteiger partial charge is 0.263 e. The summed E-state index contributed by atoms with van der Waals surface area (Å²) in [5, 5.41) is 9.52. The molecule has 0 aliphatic carbocycles. The number of aryl methyl sites for hydroxylation is 1. The zero-order chi connectivity index (χ0) is 18.8. The Morgan fingerprint density at radius 2 is 1.96 bits per heavy atom. The van der Waals surface area contributed by atoms with Crippen molar-refractivity contribution in [1.29, 1.82) is 0 Å². The average Bonchev–Trinajstić information content (AvgIpc) is 3.23. The van der Waals surface area contributed by atoms with E-state index in [9.17, 15) is 4.79 Å². The van der Waals surface area contributed by atoms with Gasteiger partial charge in [0.25, 0.3) is 5.91 Å². The molecule has 1 aromatic heterocycles. The van der Waals surface area contributed by atoms with Crippen LogP contribution in [0.1, 0.15) is 56.7 Å². The molecule has 4 rings (SSSR count). The van der Waals surface area contributed by atoms with Gasteiger partial charge in [0.1, 0.15) is 11.6 Å². The van der Waals surface area contributed by atoms with Crippen LogP contribution in [0.5, 0.6) is 5.75 Å². The number of likely N-dealkylation sites (tertiary alicyclic amines) is 1. The van der Waals surface area contributed by atoms with Gasteiger partial charge >= 0.3 is 0 Å². The fraction of sp³-hybridized carbons (Fsp3) is 0.550. The van der Waals surface area contributed by atoms with Crippen molar-refractivity contribution in [3.8, 4) is 5.75 Å². The van der Waals surface area contributed by atoms with Crippen LogP contribution in [-0.4, -0.2) is 38.2 Å². The molecule has 6 nitrogen and oxygen atoms in total. The van der Waals surface area contributed by atoms with E-state index >= 15 is 0 Å². The lowest BCUT2D eigenvalue weighted by Crippen LogP contribution is -2.40. The van der Waals surface area contributed by atoms with E-state index in [-0.39, 0.29) is 11.9 Å². The summed E-state index contributed by atoms with van der Waals surface area (Å²) in [6.45, 7) is 3.49. The van der Waals surface area contributed by atoms with Gasteiger partial charge in [-0.15, -0.1) is 10.2 Å². The van der Waals surface area contributed by atoms with Gasteiger partial charge in [0.2, 0.25) is 0 Å². The zero-order valence-electron chi connectivity index (χ0n) is 15.6. The topological polar surface area (TPSA) is 60.2 Å². The van der Waals surface area contributed by atoms with Crippen LogP contribution in [0.25, 0.3) is 0 Å². The maximum absolute atomic E-state index is 13.1. The highest BCUT2D eigenvalue weighted by Gasteiger charge is 2.36. The predicted octanol–water partition coefficient (Wildman–Crippen LogP) is 3.79. The Labute approximate surface area is 164 Å². The molecule has 0 radical (unpaired) electrons. The lowest BCUT2D eigenvalue weighted by Gasteiger charge is -2.27. The number of rotatable bonds is 4. The number of amides is 1. The standard InChI is InChI=1S/C20H25ClN4O2/c1-14(27-16-10-8-15(21)9-11-16)20(26)24-13-5-6-17(24)19-23-22-18-7-3-2-4-12-25(18)19/h8-11,14,17H,2-7,12-13H2,1H3. The van der Waals surface area contributed by atoms with Crippen LogP contribution in [0.2, 0.25) is 5.02 Å². The van der Waals surface area contributed by atoms with Crippen LogP contribution in [0.3, 0.4) is 0 Å². The van der Waals surface area contributed by atoms with E-state index in [1.54, 1.807) is 31.2 Å². The normalized spacial score (nSPS) is 20.8. The Balaban J connectivity index is 1.50. The van der Waals surface area contributed by atoms with E-state index in [0.29, 0.717) is 10.8 Å². The Morgan fingerprint density at radius 1 is 1.15 bits per heavy atom. The first-order valence-electron chi connectivity index (χ1n) is 9.78. The Bertz CT molecular complexity index is 805. The largest absolute Gasteiger partial charge is 0.481 e. The first-order valence-corrected chi connectivity index (χ1v) is 10.2. The minimum Gasteiger partial charge on any atom is -0.481 e. The van der Waals surface area contributed by atoms with Crippen molar-refractivity contribution in [2.75, 3.05) is 6.54 Å². The molecule has 0 spiro atoms. The van der Waals surface area contributed by atoms with Crippen molar-refractivity contribution < 1.29 is 9.53 Å². The number of hydrogen-bond acceptors (Lipinski definition) is 4. The Kier molecular flexibility index (Phi) is 5.34. The van der Waals surface area contributed by atoms with Crippen molar-refractivity contribution >= 4 is 17.5 Å². The molecular formula is C20H25ClN4O2. The van der Waals surface area contributed by atoms with Gasteiger partial charge in [-0.3, -0.25) is 4.79 Å². The summed E-state index contributed by atoms with van der Waals surface area (Å²) in [6.07, 6.45) is 5.86. The summed E-state index contributed by atoms with van der Waals surface area (Å²) in [5.41, 5.74) is 0. The van der Waals surface area contributed by atoms with Gasteiger partial charge in [-0.1, -0.05) is 18.0 Å². The zero-order valence-corrected chi connectivity index (χ0v) is 16.4. The van der Waals surface area contributed by atoms with Crippen LogP contribution in [0.4, 0.5) is 0 Å². The van der Waals surface area contributed by atoms with Crippen LogP contribution in [0.15, 0.2) is 24.3 Å². The van der Waals surface area contributed by atoms with Gasteiger partial charge in [-0.25, -0.2) is 0 Å². The Hall–Kier alpha value is -2.08. The second kappa shape index (κ2) is 7.89. The molecule has 2 unspecified atom stereocenters. The van der Waals surface area contributed by atoms with Gasteiger partial charge in [-0.05, 0) is 56.9 Å². The van der Waals surface area contributed by atoms with E-state index in [4.69, 9.17) is 16.3 Å². The van der Waals surface area contributed by atoms with Gasteiger partial charge in [0.05, 0.1) is 6.04 Å². The van der Waals surface area contributed by atoms with Crippen LogP contribution in [0, 0.1) is 0 Å². The molecule has 2 aliphatic heterocycles. The third-order valence-electron chi connectivity index (χ3n) is 5.45. The number of carbonyl (C=O) groups excluding carboxylic acids is 1. The summed E-state index contributed by atoms with van der Waals surface area (Å²) in [7, 11) is 0. The predicted molar refractivity (Wildman–Crippen MR) is 103 cm³/mol. The molecule has 7 heteroatoms. The monoisotopic (exact) mass is 388 g/mol. The average molecular weight is 389 g/mol. The molecule has 1 aromatic carbocycles. The number of aromatic nitrogens is 3. The molecule has 27 heavy (non-hydrogen) atoms. The molecule has 2 atom stereocenters. The van der Waals surface area contributed by atoms with E-state index in [0.717, 1.165) is 56.8 Å². The highest BCUT2D eigenvalue weighted by molar-refractivity contribution is 6.30. The van der Waals surface area contributed by atoms with E-state index < -0.39 is 6.10 Å². The maximum Gasteiger partial charge on any atom is 0.263 e. The fourth-order valence-electron chi connectivity index (χ4n) is 4.05. The van der Waals surface area contributed by atoms with E-state index in [2.05, 4.69) is 14.8 Å². The molecule has 2 aliphatic rings. The quantitative estimate of drug-likeness (QED) is 0.799. The molecule has 2 aromatic rings. The maximum atomic E-state index is 13.1. The highest BCUT2D eigenvalue weighted by atomic mass is 35.5. The molecule has 144 valence electrons. The van der Waals surface area contributed by atoms with E-state index in [1.165, 1.54) is 6.42 Å². The van der Waals surface area contributed by atoms with Crippen molar-refractivity contribution in [3.05, 3.63) is 40.9 Å². The minimum absolute atomic E-state index is 0.00146. The van der Waals surface area contributed by atoms with Crippen LogP contribution >= 0.6 is 11.6 Å². The molecule has 1 saturated heterocycles. The Morgan fingerprint density at radius 3 is 2.78 bits per heavy atom. The van der Waals surface area contributed by atoms with Crippen molar-refractivity contribution in [2.24, 2.45) is 0 Å². The first kappa shape index (κ1) is 18.3. The fourth-order valence-corrected chi connectivity index (χ4v) is 4.18. The third kappa shape index (κ3) is 3.81. The van der Waals surface area contributed by atoms with Crippen molar-refractivity contribution in [3.63, 3.8) is 0 Å². The molecule has 3 heterocycles. The number of benzene rings is 1. The number of halogens is 1. The molecule has 0 bridgehead atoms. The number of fused-ring (bicyclic) bond motifs is 1. The lowest BCUT2D eigenvalue weighted by molar-refractivity contribution is -0.139. The summed E-state index contributed by atoms with van der Waals surface area (Å²) in [6, 6.07) is 7.09. The molecule has 1 amide bonds. The van der Waals surface area contributed by atoms with Crippen LogP contribution in [-0.2, 0) is 17.8 Å². The summed E-state index contributed by atoms with van der Waals surface area (Å²) < 4.78 is 8.09.